The zero-order chi connectivity index (χ0) is 13.9. The second-order valence-corrected chi connectivity index (χ2v) is 4.82. The molecule has 0 aromatic carbocycles. The van der Waals surface area contributed by atoms with Crippen LogP contribution in [0.3, 0.4) is 0 Å². The molecule has 7 nitrogen and oxygen atoms in total. The second kappa shape index (κ2) is 5.46. The van der Waals surface area contributed by atoms with Crippen LogP contribution < -0.4 is 5.32 Å². The summed E-state index contributed by atoms with van der Waals surface area (Å²) < 4.78 is 9.05. The average Bonchev–Trinajstić information content (AvgIpc) is 3.13. The highest BCUT2D eigenvalue weighted by atomic mass is 16.5. The molecule has 3 heterocycles. The number of nitrogens with zero attached hydrogens (tertiary/aromatic N) is 4. The summed E-state index contributed by atoms with van der Waals surface area (Å²) in [5.41, 5.74) is 1.52. The van der Waals surface area contributed by atoms with Crippen molar-refractivity contribution in [3.05, 3.63) is 36.2 Å². The molecule has 1 N–H and O–H groups in total. The number of fused-ring (bicyclic) bond motifs is 1. The van der Waals surface area contributed by atoms with Crippen LogP contribution in [0.5, 0.6) is 0 Å². The van der Waals surface area contributed by atoms with Gasteiger partial charge in [0.25, 0.3) is 5.91 Å². The van der Waals surface area contributed by atoms with Crippen LogP contribution in [0.2, 0.25) is 0 Å². The normalized spacial score (nSPS) is 17.1. The van der Waals surface area contributed by atoms with Crippen molar-refractivity contribution in [2.75, 3.05) is 13.7 Å². The van der Waals surface area contributed by atoms with Gasteiger partial charge in [-0.25, -0.2) is 4.98 Å². The Hall–Kier alpha value is -2.15. The van der Waals surface area contributed by atoms with Gasteiger partial charge < -0.3 is 14.6 Å². The Labute approximate surface area is 116 Å². The minimum absolute atomic E-state index is 0.138. The Morgan fingerprint density at radius 2 is 2.50 bits per heavy atom. The van der Waals surface area contributed by atoms with E-state index in [1.165, 1.54) is 0 Å². The molecule has 7 heteroatoms. The van der Waals surface area contributed by atoms with E-state index in [1.807, 2.05) is 21.5 Å². The standard InChI is InChI=1S/C13H17N5O2/c1-20-11-6-10-7-12(16-18(10)8-11)13(19)15-3-5-17-4-2-14-9-17/h2,4,7,9,11H,3,5-6,8H2,1H3,(H,15,19)/t11-/m0/s1. The fourth-order valence-electron chi connectivity index (χ4n) is 2.35. The lowest BCUT2D eigenvalue weighted by atomic mass is 10.2. The molecule has 0 saturated carbocycles. The van der Waals surface area contributed by atoms with Gasteiger partial charge in [0.05, 0.1) is 19.0 Å². The van der Waals surface area contributed by atoms with E-state index >= 15 is 0 Å². The SMILES string of the molecule is CO[C@H]1Cc2cc(C(=O)NCCn3ccnc3)nn2C1. The van der Waals surface area contributed by atoms with E-state index in [2.05, 4.69) is 15.4 Å². The fourth-order valence-corrected chi connectivity index (χ4v) is 2.35. The lowest BCUT2D eigenvalue weighted by Gasteiger charge is -2.06. The monoisotopic (exact) mass is 275 g/mol. The Morgan fingerprint density at radius 3 is 3.20 bits per heavy atom. The third-order valence-electron chi connectivity index (χ3n) is 3.46. The van der Waals surface area contributed by atoms with Crippen molar-refractivity contribution in [2.24, 2.45) is 0 Å². The van der Waals surface area contributed by atoms with Gasteiger partial charge in [0.15, 0.2) is 0 Å². The van der Waals surface area contributed by atoms with Crippen LogP contribution in [-0.2, 0) is 24.2 Å². The van der Waals surface area contributed by atoms with Crippen LogP contribution in [0.1, 0.15) is 16.2 Å². The molecule has 0 unspecified atom stereocenters. The van der Waals surface area contributed by atoms with Crippen LogP contribution >= 0.6 is 0 Å². The lowest BCUT2D eigenvalue weighted by Crippen LogP contribution is -2.27. The minimum Gasteiger partial charge on any atom is -0.379 e. The third-order valence-corrected chi connectivity index (χ3v) is 3.46. The van der Waals surface area contributed by atoms with E-state index in [-0.39, 0.29) is 12.0 Å². The van der Waals surface area contributed by atoms with E-state index in [4.69, 9.17) is 4.74 Å². The summed E-state index contributed by atoms with van der Waals surface area (Å²) in [6, 6.07) is 1.84. The Bertz CT molecular complexity index is 566. The van der Waals surface area contributed by atoms with Crippen LogP contribution in [0.15, 0.2) is 24.8 Å². The molecule has 1 aliphatic rings. The molecule has 0 spiro atoms. The molecular formula is C13H17N5O2. The van der Waals surface area contributed by atoms with Crippen molar-refractivity contribution in [3.8, 4) is 0 Å². The van der Waals surface area contributed by atoms with E-state index in [0.29, 0.717) is 25.3 Å². The maximum Gasteiger partial charge on any atom is 0.271 e. The molecule has 1 aliphatic heterocycles. The number of ether oxygens (including phenoxy) is 1. The fraction of sp³-hybridized carbons (Fsp3) is 0.462. The first-order chi connectivity index (χ1) is 9.76. The first-order valence-electron chi connectivity index (χ1n) is 6.59. The molecule has 1 atom stereocenters. The van der Waals surface area contributed by atoms with Crippen molar-refractivity contribution < 1.29 is 9.53 Å². The Morgan fingerprint density at radius 1 is 1.60 bits per heavy atom. The Balaban J connectivity index is 1.53. The number of hydrogen-bond donors (Lipinski definition) is 1. The van der Waals surface area contributed by atoms with Crippen LogP contribution in [-0.4, -0.2) is 45.0 Å². The molecule has 0 bridgehead atoms. The second-order valence-electron chi connectivity index (χ2n) is 4.82. The number of rotatable bonds is 5. The zero-order valence-electron chi connectivity index (χ0n) is 11.3. The molecule has 0 saturated heterocycles. The number of aromatic nitrogens is 4. The predicted octanol–water partition coefficient (Wildman–Crippen LogP) is 0.0807. The third kappa shape index (κ3) is 2.57. The van der Waals surface area contributed by atoms with Crippen LogP contribution in [0.4, 0.5) is 0 Å². The van der Waals surface area contributed by atoms with Gasteiger partial charge in [0, 0.05) is 44.7 Å². The lowest BCUT2D eigenvalue weighted by molar-refractivity contribution is 0.0935. The number of carbonyl (C=O) groups excluding carboxylic acids is 1. The zero-order valence-corrected chi connectivity index (χ0v) is 11.3. The molecule has 2 aromatic heterocycles. The molecule has 106 valence electrons. The first kappa shape index (κ1) is 12.9. The number of amides is 1. The summed E-state index contributed by atoms with van der Waals surface area (Å²) in [5.74, 6) is -0.138. The molecule has 1 amide bonds. The van der Waals surface area contributed by atoms with Gasteiger partial charge in [-0.1, -0.05) is 0 Å². The maximum absolute atomic E-state index is 12.0. The number of imidazole rings is 1. The van der Waals surface area contributed by atoms with E-state index in [9.17, 15) is 4.79 Å². The van der Waals surface area contributed by atoms with Crippen molar-refractivity contribution in [2.45, 2.75) is 25.6 Å². The molecule has 0 aliphatic carbocycles. The van der Waals surface area contributed by atoms with Crippen molar-refractivity contribution in [3.63, 3.8) is 0 Å². The molecule has 20 heavy (non-hydrogen) atoms. The topological polar surface area (TPSA) is 74.0 Å². The molecule has 2 aromatic rings. The summed E-state index contributed by atoms with van der Waals surface area (Å²) in [6.45, 7) is 1.97. The van der Waals surface area contributed by atoms with Crippen molar-refractivity contribution in [1.29, 1.82) is 0 Å². The Kier molecular flexibility index (Phi) is 3.51. The van der Waals surface area contributed by atoms with Gasteiger partial charge in [0.2, 0.25) is 0 Å². The quantitative estimate of drug-likeness (QED) is 0.838. The van der Waals surface area contributed by atoms with Gasteiger partial charge in [-0.15, -0.1) is 0 Å². The van der Waals surface area contributed by atoms with Gasteiger partial charge in [0.1, 0.15) is 5.69 Å². The average molecular weight is 275 g/mol. The number of methoxy groups -OCH3 is 1. The van der Waals surface area contributed by atoms with Gasteiger partial charge in [-0.05, 0) is 6.07 Å². The summed E-state index contributed by atoms with van der Waals surface area (Å²) in [7, 11) is 1.70. The highest BCUT2D eigenvalue weighted by Gasteiger charge is 2.24. The van der Waals surface area contributed by atoms with E-state index < -0.39 is 0 Å². The van der Waals surface area contributed by atoms with E-state index in [1.54, 1.807) is 19.6 Å². The van der Waals surface area contributed by atoms with Crippen LogP contribution in [0, 0.1) is 0 Å². The highest BCUT2D eigenvalue weighted by molar-refractivity contribution is 5.92. The number of nitrogens with one attached hydrogen (secondary N) is 1. The highest BCUT2D eigenvalue weighted by Crippen LogP contribution is 2.17. The molecule has 3 rings (SSSR count). The number of carbonyl (C=O) groups is 1. The van der Waals surface area contributed by atoms with Gasteiger partial charge in [-0.2, -0.15) is 5.10 Å². The summed E-state index contributed by atoms with van der Waals surface area (Å²) in [4.78, 5) is 15.9. The molecular weight excluding hydrogens is 258 g/mol. The predicted molar refractivity (Wildman–Crippen MR) is 71.3 cm³/mol. The largest absolute Gasteiger partial charge is 0.379 e. The summed E-state index contributed by atoms with van der Waals surface area (Å²) >= 11 is 0. The van der Waals surface area contributed by atoms with Gasteiger partial charge >= 0.3 is 0 Å². The molecule has 0 radical (unpaired) electrons. The minimum atomic E-state index is -0.138. The smallest absolute Gasteiger partial charge is 0.271 e. The number of hydrogen-bond acceptors (Lipinski definition) is 4. The van der Waals surface area contributed by atoms with Crippen LogP contribution in [0.25, 0.3) is 0 Å². The van der Waals surface area contributed by atoms with Crippen molar-refractivity contribution >= 4 is 5.91 Å². The van der Waals surface area contributed by atoms with Crippen molar-refractivity contribution in [1.82, 2.24) is 24.6 Å². The summed E-state index contributed by atoms with van der Waals surface area (Å²) in [5, 5.41) is 7.17. The van der Waals surface area contributed by atoms with Gasteiger partial charge in [-0.3, -0.25) is 9.48 Å². The van der Waals surface area contributed by atoms with E-state index in [0.717, 1.165) is 12.1 Å². The molecule has 0 fully saturated rings. The maximum atomic E-state index is 12.0. The summed E-state index contributed by atoms with van der Waals surface area (Å²) in [6.07, 6.45) is 6.29. The first-order valence-corrected chi connectivity index (χ1v) is 6.59.